The Morgan fingerprint density at radius 2 is 1.22 bits per heavy atom. The van der Waals surface area contributed by atoms with Crippen molar-refractivity contribution in [2.75, 3.05) is 0 Å². The number of carboxylic acid groups (broad SMARTS) is 1. The van der Waals surface area contributed by atoms with Gasteiger partial charge in [-0.3, -0.25) is 4.79 Å². The molecular formula is C35H64O6. The molecule has 2 rings (SSSR count). The number of aliphatic carboxylic acids is 1. The third-order valence-electron chi connectivity index (χ3n) is 6.74. The van der Waals surface area contributed by atoms with Crippen LogP contribution in [-0.2, 0) is 10.4 Å². The van der Waals surface area contributed by atoms with Crippen molar-refractivity contribution in [2.24, 2.45) is 0 Å². The highest BCUT2D eigenvalue weighted by atomic mass is 16.4. The molecular weight excluding hydrogens is 516 g/mol. The Kier molecular flexibility index (Phi) is 30.7. The van der Waals surface area contributed by atoms with Crippen LogP contribution < -0.4 is 0 Å². The fourth-order valence-electron chi connectivity index (χ4n) is 4.33. The molecule has 0 fully saturated rings. The van der Waals surface area contributed by atoms with Crippen LogP contribution in [0.2, 0.25) is 0 Å². The van der Waals surface area contributed by atoms with Gasteiger partial charge in [0.15, 0.2) is 0 Å². The monoisotopic (exact) mass is 580 g/mol. The number of hydrogen-bond donors (Lipinski definition) is 2. The predicted molar refractivity (Wildman–Crippen MR) is 174 cm³/mol. The molecule has 0 aliphatic heterocycles. The number of furan rings is 2. The molecule has 0 radical (unpaired) electrons. The van der Waals surface area contributed by atoms with Gasteiger partial charge in [0, 0.05) is 6.92 Å². The Morgan fingerprint density at radius 1 is 0.780 bits per heavy atom. The summed E-state index contributed by atoms with van der Waals surface area (Å²) in [6, 6.07) is 7.65. The summed E-state index contributed by atoms with van der Waals surface area (Å²) in [5.41, 5.74) is 0.465. The minimum absolute atomic E-state index is 0. The van der Waals surface area contributed by atoms with Crippen LogP contribution in [0.15, 0.2) is 51.7 Å². The van der Waals surface area contributed by atoms with Crippen molar-refractivity contribution >= 4 is 11.5 Å². The van der Waals surface area contributed by atoms with Crippen LogP contribution in [0.5, 0.6) is 0 Å². The van der Waals surface area contributed by atoms with Gasteiger partial charge in [0.05, 0.1) is 12.5 Å². The first-order valence-corrected chi connectivity index (χ1v) is 15.4. The zero-order chi connectivity index (χ0) is 29.2. The highest BCUT2D eigenvalue weighted by Gasteiger charge is 2.25. The fraction of sp³-hybridized carbons (Fsp3) is 0.686. The van der Waals surface area contributed by atoms with E-state index in [0.29, 0.717) is 5.76 Å². The Labute approximate surface area is 251 Å². The van der Waals surface area contributed by atoms with Crippen molar-refractivity contribution in [2.45, 2.75) is 157 Å². The van der Waals surface area contributed by atoms with Crippen molar-refractivity contribution in [3.05, 3.63) is 54.4 Å². The van der Waals surface area contributed by atoms with Gasteiger partial charge in [-0.2, -0.15) is 0 Å². The molecule has 41 heavy (non-hydrogen) atoms. The predicted octanol–water partition coefficient (Wildman–Crippen LogP) is 10.7. The lowest BCUT2D eigenvalue weighted by molar-refractivity contribution is -0.134. The van der Waals surface area contributed by atoms with Crippen molar-refractivity contribution in [1.82, 2.24) is 0 Å². The summed E-state index contributed by atoms with van der Waals surface area (Å²) in [5, 5.41) is 17.7. The average molecular weight is 581 g/mol. The second-order valence-electron chi connectivity index (χ2n) is 10.8. The van der Waals surface area contributed by atoms with E-state index in [9.17, 15) is 5.11 Å². The van der Waals surface area contributed by atoms with Gasteiger partial charge in [-0.25, -0.2) is 0 Å². The normalized spacial score (nSPS) is 12.0. The summed E-state index contributed by atoms with van der Waals surface area (Å²) in [5.74, 6) is 0.860. The summed E-state index contributed by atoms with van der Waals surface area (Å²) in [4.78, 5) is 9.00. The van der Waals surface area contributed by atoms with E-state index in [4.69, 9.17) is 18.7 Å². The number of aliphatic hydroxyl groups is 1. The topological polar surface area (TPSA) is 115 Å². The van der Waals surface area contributed by atoms with Gasteiger partial charge in [-0.15, -0.1) is 0 Å². The van der Waals surface area contributed by atoms with E-state index in [1.165, 1.54) is 102 Å². The molecule has 2 aromatic heterocycles. The summed E-state index contributed by atoms with van der Waals surface area (Å²) in [7, 11) is 0. The number of rotatable bonds is 19. The SMILES string of the molecule is C.CC(=O)O.CCCCCCCCC/C=C(\C)c1ccco1.CCCCCCCCCCC(C)(O)c1ccco1.O. The number of allylic oxidation sites excluding steroid dienone is 2. The quantitative estimate of drug-likeness (QED) is 0.160. The van der Waals surface area contributed by atoms with Crippen LogP contribution in [-0.4, -0.2) is 21.7 Å². The Balaban J connectivity index is -0.000000597. The molecule has 2 aromatic rings. The smallest absolute Gasteiger partial charge is 0.300 e. The van der Waals surface area contributed by atoms with Crippen molar-refractivity contribution in [3.8, 4) is 0 Å². The molecule has 0 aliphatic rings. The zero-order valence-corrected chi connectivity index (χ0v) is 26.2. The third kappa shape index (κ3) is 26.3. The molecule has 0 spiro atoms. The fourth-order valence-corrected chi connectivity index (χ4v) is 4.33. The Morgan fingerprint density at radius 3 is 1.66 bits per heavy atom. The van der Waals surface area contributed by atoms with Gasteiger partial charge in [0.25, 0.3) is 5.97 Å². The van der Waals surface area contributed by atoms with Crippen molar-refractivity contribution < 1.29 is 29.3 Å². The molecule has 6 nitrogen and oxygen atoms in total. The number of hydrogen-bond acceptors (Lipinski definition) is 4. The molecule has 4 N–H and O–H groups in total. The third-order valence-corrected chi connectivity index (χ3v) is 6.74. The number of carbonyl (C=O) groups is 1. The molecule has 0 aliphatic carbocycles. The molecule has 0 aromatic carbocycles. The van der Waals surface area contributed by atoms with Gasteiger partial charge < -0.3 is 24.5 Å². The molecule has 240 valence electrons. The van der Waals surface area contributed by atoms with Crippen LogP contribution in [0.3, 0.4) is 0 Å². The van der Waals surface area contributed by atoms with E-state index in [1.807, 2.05) is 31.2 Å². The summed E-state index contributed by atoms with van der Waals surface area (Å²) >= 11 is 0. The molecule has 2 heterocycles. The van der Waals surface area contributed by atoms with Crippen molar-refractivity contribution in [3.63, 3.8) is 0 Å². The summed E-state index contributed by atoms with van der Waals surface area (Å²) < 4.78 is 10.6. The Bertz CT molecular complexity index is 802. The van der Waals surface area contributed by atoms with Gasteiger partial charge in [0.1, 0.15) is 17.1 Å². The average Bonchev–Trinajstić information content (AvgIpc) is 3.63. The van der Waals surface area contributed by atoms with Crippen LogP contribution >= 0.6 is 0 Å². The number of unbranched alkanes of at least 4 members (excludes halogenated alkanes) is 14. The highest BCUT2D eigenvalue weighted by Crippen LogP contribution is 2.27. The first-order valence-electron chi connectivity index (χ1n) is 15.4. The molecule has 0 amide bonds. The summed E-state index contributed by atoms with van der Waals surface area (Å²) in [6.45, 7) is 9.56. The summed E-state index contributed by atoms with van der Waals surface area (Å²) in [6.07, 6.45) is 27.6. The molecule has 6 heteroatoms. The van der Waals surface area contributed by atoms with Crippen LogP contribution in [0.25, 0.3) is 5.57 Å². The maximum atomic E-state index is 10.3. The lowest BCUT2D eigenvalue weighted by atomic mass is 9.95. The van der Waals surface area contributed by atoms with Gasteiger partial charge in [-0.05, 0) is 62.9 Å². The van der Waals surface area contributed by atoms with Crippen LogP contribution in [0, 0.1) is 0 Å². The van der Waals surface area contributed by atoms with E-state index >= 15 is 0 Å². The highest BCUT2D eigenvalue weighted by molar-refractivity contribution is 5.63. The number of carboxylic acids is 1. The zero-order valence-electron chi connectivity index (χ0n) is 26.2. The van der Waals surface area contributed by atoms with E-state index in [2.05, 4.69) is 26.8 Å². The van der Waals surface area contributed by atoms with Crippen molar-refractivity contribution in [1.29, 1.82) is 0 Å². The van der Waals surface area contributed by atoms with E-state index in [-0.39, 0.29) is 12.9 Å². The maximum Gasteiger partial charge on any atom is 0.300 e. The molecule has 1 unspecified atom stereocenters. The maximum absolute atomic E-state index is 10.3. The standard InChI is InChI=1S/C16H28O2.C16H26O.C2H4O2.CH4.H2O/c1-3-4-5-6-7-8-9-10-13-16(2,17)15-12-11-14-18-15;1-3-4-5-6-7-8-9-10-12-15(2)16-13-11-14-17-16;1-2(3)4;;/h11-12,14,17H,3-10,13H2,1-2H3;11-14H,3-10H2,1-2H3;1H3,(H,3,4);1H4;1H2/b;15-12+;;;. The molecule has 0 saturated carbocycles. The van der Waals surface area contributed by atoms with Gasteiger partial charge in [0.2, 0.25) is 0 Å². The molecule has 0 saturated heterocycles. The molecule has 1 atom stereocenters. The van der Waals surface area contributed by atoms with Gasteiger partial charge in [-0.1, -0.05) is 117 Å². The Hall–Kier alpha value is -2.31. The van der Waals surface area contributed by atoms with Crippen LogP contribution in [0.1, 0.15) is 163 Å². The lowest BCUT2D eigenvalue weighted by Crippen LogP contribution is -2.19. The largest absolute Gasteiger partial charge is 0.481 e. The first-order chi connectivity index (χ1) is 18.7. The van der Waals surface area contributed by atoms with E-state index < -0.39 is 11.6 Å². The second kappa shape index (κ2) is 29.2. The minimum Gasteiger partial charge on any atom is -0.481 e. The molecule has 0 bridgehead atoms. The first kappa shape index (κ1) is 43.1. The second-order valence-corrected chi connectivity index (χ2v) is 10.8. The van der Waals surface area contributed by atoms with E-state index in [0.717, 1.165) is 25.5 Å². The lowest BCUT2D eigenvalue weighted by Gasteiger charge is -2.20. The van der Waals surface area contributed by atoms with E-state index in [1.54, 1.807) is 12.5 Å². The van der Waals surface area contributed by atoms with Gasteiger partial charge >= 0.3 is 0 Å². The minimum atomic E-state index is -0.833. The van der Waals surface area contributed by atoms with Crippen LogP contribution in [0.4, 0.5) is 0 Å².